The second-order valence-electron chi connectivity index (χ2n) is 8.14. The zero-order valence-electron chi connectivity index (χ0n) is 18.6. The first-order valence-electron chi connectivity index (χ1n) is 11.0. The molecule has 1 saturated carbocycles. The lowest BCUT2D eigenvalue weighted by molar-refractivity contribution is 0.0468. The van der Waals surface area contributed by atoms with E-state index >= 15 is 0 Å². The number of aliphatic imine (C=N–C) groups is 1. The Labute approximate surface area is 182 Å². The van der Waals surface area contributed by atoms with Gasteiger partial charge in [0.15, 0.2) is 5.96 Å². The van der Waals surface area contributed by atoms with Crippen molar-refractivity contribution in [3.05, 3.63) is 35.4 Å². The second-order valence-corrected chi connectivity index (χ2v) is 9.89. The molecule has 1 aliphatic carbocycles. The van der Waals surface area contributed by atoms with E-state index in [2.05, 4.69) is 20.3 Å². The van der Waals surface area contributed by atoms with Gasteiger partial charge >= 0.3 is 0 Å². The summed E-state index contributed by atoms with van der Waals surface area (Å²) in [4.78, 5) is 4.25. The molecule has 0 heterocycles. The SMILES string of the molecule is CN=C(NCCOC1CCCCCC1)NCc1ccccc1CS(=O)(=O)NC(C)C. The Morgan fingerprint density at radius 3 is 2.40 bits per heavy atom. The molecule has 1 aliphatic rings. The number of hydrogen-bond donors (Lipinski definition) is 3. The maximum atomic E-state index is 12.3. The third kappa shape index (κ3) is 9.45. The topological polar surface area (TPSA) is 91.8 Å². The molecule has 0 aromatic heterocycles. The summed E-state index contributed by atoms with van der Waals surface area (Å²) < 4.78 is 33.2. The van der Waals surface area contributed by atoms with Crippen LogP contribution in [0.3, 0.4) is 0 Å². The van der Waals surface area contributed by atoms with Gasteiger partial charge in [0.25, 0.3) is 0 Å². The second kappa shape index (κ2) is 12.9. The van der Waals surface area contributed by atoms with Gasteiger partial charge in [0.05, 0.1) is 18.5 Å². The molecule has 1 aromatic rings. The number of nitrogens with zero attached hydrogens (tertiary/aromatic N) is 1. The zero-order chi connectivity index (χ0) is 21.8. The van der Waals surface area contributed by atoms with Crippen molar-refractivity contribution < 1.29 is 13.2 Å². The van der Waals surface area contributed by atoms with E-state index in [4.69, 9.17) is 4.74 Å². The van der Waals surface area contributed by atoms with Gasteiger partial charge in [0.2, 0.25) is 10.0 Å². The highest BCUT2D eigenvalue weighted by atomic mass is 32.2. The van der Waals surface area contributed by atoms with Crippen LogP contribution in [-0.4, -0.2) is 46.7 Å². The molecular weight excluding hydrogens is 400 g/mol. The van der Waals surface area contributed by atoms with E-state index in [0.29, 0.717) is 31.8 Å². The highest BCUT2D eigenvalue weighted by Crippen LogP contribution is 2.19. The average Bonchev–Trinajstić information content (AvgIpc) is 2.96. The van der Waals surface area contributed by atoms with Crippen LogP contribution in [0.5, 0.6) is 0 Å². The molecule has 0 atom stereocenters. The summed E-state index contributed by atoms with van der Waals surface area (Å²) >= 11 is 0. The van der Waals surface area contributed by atoms with E-state index in [-0.39, 0.29) is 11.8 Å². The van der Waals surface area contributed by atoms with Crippen LogP contribution in [0, 0.1) is 0 Å². The molecule has 0 unspecified atom stereocenters. The standard InChI is InChI=1S/C22H38N4O3S/c1-18(2)26-30(27,28)17-20-11-9-8-10-19(20)16-25-22(23-3)24-14-15-29-21-12-6-4-5-7-13-21/h8-11,18,21,26H,4-7,12-17H2,1-3H3,(H2,23,24,25). The number of sulfonamides is 1. The van der Waals surface area contributed by atoms with Gasteiger partial charge in [0.1, 0.15) is 0 Å². The first kappa shape index (κ1) is 24.6. The molecule has 0 amide bonds. The monoisotopic (exact) mass is 438 g/mol. The number of rotatable bonds is 10. The number of guanidine groups is 1. The van der Waals surface area contributed by atoms with Crippen LogP contribution in [0.2, 0.25) is 0 Å². The predicted octanol–water partition coefficient (Wildman–Crippen LogP) is 2.92. The van der Waals surface area contributed by atoms with E-state index in [1.165, 1.54) is 38.5 Å². The number of ether oxygens (including phenoxy) is 1. The van der Waals surface area contributed by atoms with Crippen molar-refractivity contribution in [3.63, 3.8) is 0 Å². The minimum Gasteiger partial charge on any atom is -0.376 e. The maximum Gasteiger partial charge on any atom is 0.216 e. The van der Waals surface area contributed by atoms with E-state index in [1.54, 1.807) is 7.05 Å². The summed E-state index contributed by atoms with van der Waals surface area (Å²) in [5.74, 6) is 0.641. The quantitative estimate of drug-likeness (QED) is 0.226. The molecule has 3 N–H and O–H groups in total. The van der Waals surface area contributed by atoms with Crippen molar-refractivity contribution in [2.75, 3.05) is 20.2 Å². The van der Waals surface area contributed by atoms with Gasteiger partial charge in [0, 0.05) is 26.2 Å². The first-order chi connectivity index (χ1) is 14.4. The van der Waals surface area contributed by atoms with Crippen molar-refractivity contribution in [1.82, 2.24) is 15.4 Å². The molecular formula is C22H38N4O3S. The minimum absolute atomic E-state index is 0.0374. The van der Waals surface area contributed by atoms with Crippen LogP contribution in [0.4, 0.5) is 0 Å². The molecule has 0 aliphatic heterocycles. The van der Waals surface area contributed by atoms with E-state index in [9.17, 15) is 8.42 Å². The highest BCUT2D eigenvalue weighted by molar-refractivity contribution is 7.88. The van der Waals surface area contributed by atoms with Crippen molar-refractivity contribution in [2.45, 2.75) is 76.8 Å². The van der Waals surface area contributed by atoms with Crippen LogP contribution < -0.4 is 15.4 Å². The van der Waals surface area contributed by atoms with Crippen molar-refractivity contribution in [3.8, 4) is 0 Å². The van der Waals surface area contributed by atoms with Crippen LogP contribution in [0.25, 0.3) is 0 Å². The molecule has 1 aromatic carbocycles. The van der Waals surface area contributed by atoms with Crippen LogP contribution in [0.1, 0.15) is 63.5 Å². The molecule has 0 spiro atoms. The van der Waals surface area contributed by atoms with Gasteiger partial charge in [-0.1, -0.05) is 49.9 Å². The van der Waals surface area contributed by atoms with Crippen LogP contribution >= 0.6 is 0 Å². The van der Waals surface area contributed by atoms with Crippen LogP contribution in [0.15, 0.2) is 29.3 Å². The first-order valence-corrected chi connectivity index (χ1v) is 12.7. The van der Waals surface area contributed by atoms with Crippen molar-refractivity contribution >= 4 is 16.0 Å². The summed E-state index contributed by atoms with van der Waals surface area (Å²) in [6.45, 7) is 5.47. The third-order valence-electron chi connectivity index (χ3n) is 5.10. The number of nitrogens with one attached hydrogen (secondary N) is 3. The van der Waals surface area contributed by atoms with E-state index in [0.717, 1.165) is 11.1 Å². The van der Waals surface area contributed by atoms with Crippen LogP contribution in [-0.2, 0) is 27.1 Å². The molecule has 0 bridgehead atoms. The Hall–Kier alpha value is -1.64. The summed E-state index contributed by atoms with van der Waals surface area (Å²) in [6.07, 6.45) is 7.90. The fourth-order valence-corrected chi connectivity index (χ4v) is 5.17. The predicted molar refractivity (Wildman–Crippen MR) is 123 cm³/mol. The molecule has 2 rings (SSSR count). The lowest BCUT2D eigenvalue weighted by Gasteiger charge is -2.17. The van der Waals surface area contributed by atoms with Gasteiger partial charge in [-0.05, 0) is 37.8 Å². The molecule has 0 radical (unpaired) electrons. The fraction of sp³-hybridized carbons (Fsp3) is 0.682. The van der Waals surface area contributed by atoms with E-state index < -0.39 is 10.0 Å². The summed E-state index contributed by atoms with van der Waals surface area (Å²) in [6, 6.07) is 7.45. The third-order valence-corrected chi connectivity index (χ3v) is 6.62. The Balaban J connectivity index is 1.80. The normalized spacial score (nSPS) is 16.5. The van der Waals surface area contributed by atoms with E-state index in [1.807, 2.05) is 38.1 Å². The lowest BCUT2D eigenvalue weighted by atomic mass is 10.1. The average molecular weight is 439 g/mol. The van der Waals surface area contributed by atoms with Gasteiger partial charge < -0.3 is 15.4 Å². The Bertz CT molecular complexity index is 757. The molecule has 8 heteroatoms. The van der Waals surface area contributed by atoms with Gasteiger partial charge in [-0.15, -0.1) is 0 Å². The Morgan fingerprint density at radius 1 is 1.10 bits per heavy atom. The maximum absolute atomic E-state index is 12.3. The molecule has 1 fully saturated rings. The Kier molecular flexibility index (Phi) is 10.6. The Morgan fingerprint density at radius 2 is 1.77 bits per heavy atom. The fourth-order valence-electron chi connectivity index (χ4n) is 3.68. The molecule has 7 nitrogen and oxygen atoms in total. The zero-order valence-corrected chi connectivity index (χ0v) is 19.4. The summed E-state index contributed by atoms with van der Waals surface area (Å²) in [7, 11) is -1.65. The molecule has 0 saturated heterocycles. The van der Waals surface area contributed by atoms with Crippen molar-refractivity contribution in [2.24, 2.45) is 4.99 Å². The lowest BCUT2D eigenvalue weighted by Crippen LogP contribution is -2.39. The summed E-state index contributed by atoms with van der Waals surface area (Å²) in [5, 5.41) is 6.54. The van der Waals surface area contributed by atoms with Crippen molar-refractivity contribution in [1.29, 1.82) is 0 Å². The number of hydrogen-bond acceptors (Lipinski definition) is 4. The van der Waals surface area contributed by atoms with Gasteiger partial charge in [-0.25, -0.2) is 13.1 Å². The van der Waals surface area contributed by atoms with Gasteiger partial charge in [-0.3, -0.25) is 4.99 Å². The number of benzene rings is 1. The summed E-state index contributed by atoms with van der Waals surface area (Å²) in [5.41, 5.74) is 1.72. The molecule has 30 heavy (non-hydrogen) atoms. The highest BCUT2D eigenvalue weighted by Gasteiger charge is 2.15. The minimum atomic E-state index is -3.37. The van der Waals surface area contributed by atoms with Gasteiger partial charge in [-0.2, -0.15) is 0 Å². The largest absolute Gasteiger partial charge is 0.376 e. The smallest absolute Gasteiger partial charge is 0.216 e. The molecule has 170 valence electrons.